The van der Waals surface area contributed by atoms with Crippen LogP contribution in [0.4, 0.5) is 10.2 Å². The Morgan fingerprint density at radius 1 is 1.41 bits per heavy atom. The van der Waals surface area contributed by atoms with Crippen LogP contribution < -0.4 is 5.73 Å². The van der Waals surface area contributed by atoms with Gasteiger partial charge in [-0.2, -0.15) is 0 Å². The molecule has 0 radical (unpaired) electrons. The van der Waals surface area contributed by atoms with Gasteiger partial charge < -0.3 is 0 Å². The molecule has 0 amide bonds. The number of aromatic nitrogens is 2. The number of hydrogen-bond acceptors (Lipinski definition) is 11. The van der Waals surface area contributed by atoms with E-state index in [4.69, 9.17) is 23.9 Å². The Hall–Kier alpha value is 0.170. The number of nitrogens with two attached hydrogens (primary N) is 1. The van der Waals surface area contributed by atoms with Gasteiger partial charge in [0.2, 0.25) is 0 Å². The van der Waals surface area contributed by atoms with Crippen molar-refractivity contribution in [2.24, 2.45) is 0 Å². The number of hydrogen-bond donors (Lipinski definition) is 4. The molecule has 3 aliphatic rings. The zero-order valence-corrected chi connectivity index (χ0v) is 22.0. The molecule has 4 rings (SSSR count). The number of nitrogen functional groups attached to an aromatic ring is 1. The van der Waals surface area contributed by atoms with Crippen LogP contribution in [0.25, 0.3) is 6.08 Å². The summed E-state index contributed by atoms with van der Waals surface area (Å²) >= 11 is 6.07. The monoisotopic (exact) mass is 621 g/mol. The molecule has 2 fully saturated rings. The van der Waals surface area contributed by atoms with Crippen LogP contribution in [0.3, 0.4) is 0 Å². The summed E-state index contributed by atoms with van der Waals surface area (Å²) in [6.07, 6.45) is 1.52. The number of rotatable bonds is 9. The quantitative estimate of drug-likeness (QED) is 0.0479. The first kappa shape index (κ1) is 25.3. The second kappa shape index (κ2) is 11.3. The van der Waals surface area contributed by atoms with E-state index < -0.39 is 49.7 Å². The molecule has 3 aliphatic heterocycles. The molecule has 2 saturated heterocycles. The summed E-state index contributed by atoms with van der Waals surface area (Å²) in [7, 11) is -1.10. The van der Waals surface area contributed by atoms with Crippen molar-refractivity contribution in [2.45, 2.75) is 60.6 Å². The Kier molecular flexibility index (Phi) is 8.90. The van der Waals surface area contributed by atoms with Crippen molar-refractivity contribution in [3.05, 3.63) is 19.7 Å². The van der Waals surface area contributed by atoms with Crippen molar-refractivity contribution in [1.82, 2.24) is 9.97 Å². The maximum atomic E-state index is 15.2. The van der Waals surface area contributed by atoms with E-state index in [1.165, 1.54) is 6.33 Å². The van der Waals surface area contributed by atoms with E-state index in [-0.39, 0.29) is 18.3 Å². The van der Waals surface area contributed by atoms with Crippen LogP contribution >= 0.6 is 52.3 Å². The molecule has 1 aromatic rings. The van der Waals surface area contributed by atoms with E-state index in [0.29, 0.717) is 31.4 Å². The zero-order chi connectivity index (χ0) is 22.8. The summed E-state index contributed by atoms with van der Waals surface area (Å²) in [5.74, 6) is 0.372. The number of anilines is 1. The van der Waals surface area contributed by atoms with Gasteiger partial charge in [0.25, 0.3) is 0 Å². The van der Waals surface area contributed by atoms with E-state index in [1.807, 2.05) is 17.1 Å². The van der Waals surface area contributed by atoms with Gasteiger partial charge in [0.05, 0.1) is 0 Å². The number of nitrogens with zero attached hydrogens (tertiary/aromatic N) is 2. The molecule has 14 heteroatoms. The van der Waals surface area contributed by atoms with Gasteiger partial charge in [-0.3, -0.25) is 0 Å². The number of halogens is 2. The van der Waals surface area contributed by atoms with Gasteiger partial charge in [-0.05, 0) is 12.9 Å². The molecule has 4 heterocycles. The van der Waals surface area contributed by atoms with E-state index in [0.717, 1.165) is 9.26 Å². The Labute approximate surface area is 204 Å². The molecule has 1 aromatic heterocycles. The predicted octanol–water partition coefficient (Wildman–Crippen LogP) is 3.70. The average Bonchev–Trinajstić information content (AvgIpc) is 3.43. The van der Waals surface area contributed by atoms with Crippen LogP contribution in [-0.2, 0) is 23.1 Å². The summed E-state index contributed by atoms with van der Waals surface area (Å²) in [6, 6.07) is 0. The average molecular weight is 621 g/mol. The topological polar surface area (TPSA) is 118 Å². The number of ether oxygens (including phenoxy) is 2. The fourth-order valence-corrected chi connectivity index (χ4v) is 11.5. The standard InChI is InChI=1S/C18H26FIN3O6PS2/c1-9-13(6-10(26-9)7-25-31)29-30(32)5-3-12-15(28-24)14(19)17(27-12)20-4-2-11-16(20)22-8-23-18(11)21/h2,4,8-10,12-15,17,24,31-32H,3,5-7H2,1H3,(H2,21,22,23)/t9?,10-,12+,13+,14-,15+,17+,30?/m0/s1. The molecule has 32 heavy (non-hydrogen) atoms. The number of thiol groups is 2. The zero-order valence-electron chi connectivity index (χ0n) is 17.2. The van der Waals surface area contributed by atoms with Crippen molar-refractivity contribution >= 4 is 64.2 Å². The first-order chi connectivity index (χ1) is 15.4. The van der Waals surface area contributed by atoms with Gasteiger partial charge in [-0.25, -0.2) is 0 Å². The van der Waals surface area contributed by atoms with Crippen LogP contribution in [0.2, 0.25) is 0 Å². The summed E-state index contributed by atoms with van der Waals surface area (Å²) in [5.41, 5.74) is 6.65. The molecule has 0 saturated carbocycles. The molecule has 0 aromatic carbocycles. The molecule has 0 spiro atoms. The van der Waals surface area contributed by atoms with Crippen molar-refractivity contribution in [1.29, 1.82) is 0 Å². The molecule has 180 valence electrons. The van der Waals surface area contributed by atoms with Gasteiger partial charge in [-0.1, -0.05) is 0 Å². The van der Waals surface area contributed by atoms with Crippen LogP contribution in [0.15, 0.2) is 10.4 Å². The van der Waals surface area contributed by atoms with Crippen LogP contribution in [-0.4, -0.2) is 68.8 Å². The third kappa shape index (κ3) is 5.37. The van der Waals surface area contributed by atoms with E-state index in [1.54, 1.807) is 0 Å². The molecule has 9 nitrogen and oxygen atoms in total. The van der Waals surface area contributed by atoms with Gasteiger partial charge in [0, 0.05) is 0 Å². The van der Waals surface area contributed by atoms with Gasteiger partial charge >= 0.3 is 193 Å². The Bertz CT molecular complexity index is 835. The van der Waals surface area contributed by atoms with E-state index >= 15 is 4.39 Å². The Morgan fingerprint density at radius 2 is 2.22 bits per heavy atom. The van der Waals surface area contributed by atoms with Gasteiger partial charge in [0.15, 0.2) is 0 Å². The molecule has 3 N–H and O–H groups in total. The molecule has 0 bridgehead atoms. The Balaban J connectivity index is 1.34. The fourth-order valence-electron chi connectivity index (χ4n) is 3.96. The van der Waals surface area contributed by atoms with Crippen molar-refractivity contribution in [3.8, 4) is 0 Å². The van der Waals surface area contributed by atoms with Gasteiger partial charge in [0.1, 0.15) is 0 Å². The van der Waals surface area contributed by atoms with E-state index in [9.17, 15) is 5.26 Å². The van der Waals surface area contributed by atoms with Crippen LogP contribution in [0, 0.1) is 3.70 Å². The number of fused-ring (bicyclic) bond motifs is 1. The molecule has 2 unspecified atom stereocenters. The molecular weight excluding hydrogens is 595 g/mol. The summed E-state index contributed by atoms with van der Waals surface area (Å²) in [4.78, 5) is 12.8. The van der Waals surface area contributed by atoms with E-state index in [2.05, 4.69) is 40.0 Å². The second-order valence-corrected chi connectivity index (χ2v) is 15.5. The van der Waals surface area contributed by atoms with Crippen molar-refractivity contribution in [2.75, 3.05) is 18.5 Å². The minimum atomic E-state index is -2.30. The minimum absolute atomic E-state index is 0.0617. The van der Waals surface area contributed by atoms with Crippen molar-refractivity contribution < 1.29 is 32.7 Å². The summed E-state index contributed by atoms with van der Waals surface area (Å²) in [5, 5.41) is 9.37. The predicted molar refractivity (Wildman–Crippen MR) is 133 cm³/mol. The second-order valence-electron chi connectivity index (χ2n) is 7.64. The normalized spacial score (nSPS) is 36.0. The third-order valence-corrected chi connectivity index (χ3v) is 13.2. The first-order valence-corrected chi connectivity index (χ1v) is 16.6. The maximum absolute atomic E-state index is 15.2. The third-order valence-electron chi connectivity index (χ3n) is 5.58. The summed E-state index contributed by atoms with van der Waals surface area (Å²) < 4.78 is 40.0. The fraction of sp³-hybridized carbons (Fsp3) is 0.667. The molecule has 0 aliphatic carbocycles. The van der Waals surface area contributed by atoms with Crippen LogP contribution in [0.5, 0.6) is 0 Å². The number of alkyl halides is 2. The SMILES string of the molecule is CC1O[C@H](COS)C[C@H]1OP(S)CC[C@H]1O[C@@H](I2C=Cc3c(N)ncnc32)[C@@H](F)[C@@H]1OO. The summed E-state index contributed by atoms with van der Waals surface area (Å²) in [6.45, 7) is 2.34. The van der Waals surface area contributed by atoms with Gasteiger partial charge in [-0.15, -0.1) is 0 Å². The molecule has 8 atom stereocenters. The van der Waals surface area contributed by atoms with Crippen molar-refractivity contribution in [3.63, 3.8) is 0 Å². The Morgan fingerprint density at radius 3 is 2.97 bits per heavy atom. The first-order valence-electron chi connectivity index (χ1n) is 10.0. The molecular formula is C18H26FIN3O6PS2. The van der Waals surface area contributed by atoms with Crippen LogP contribution in [0.1, 0.15) is 25.3 Å².